The Labute approximate surface area is 85.0 Å². The molecule has 1 aliphatic carbocycles. The van der Waals surface area contributed by atoms with Crippen LogP contribution in [0.25, 0.3) is 0 Å². The van der Waals surface area contributed by atoms with Gasteiger partial charge in [-0.1, -0.05) is 0 Å². The SMILES string of the molecule is COCCOCC(=O)NC(C)C1CC1. The fourth-order valence-corrected chi connectivity index (χ4v) is 1.32. The zero-order valence-electron chi connectivity index (χ0n) is 8.91. The van der Waals surface area contributed by atoms with E-state index in [1.54, 1.807) is 7.11 Å². The minimum atomic E-state index is -0.0273. The number of ether oxygens (including phenoxy) is 2. The maximum absolute atomic E-state index is 11.3. The fourth-order valence-electron chi connectivity index (χ4n) is 1.32. The Kier molecular flexibility index (Phi) is 4.90. The van der Waals surface area contributed by atoms with Crippen molar-refractivity contribution in [3.63, 3.8) is 0 Å². The molecule has 4 heteroatoms. The number of amides is 1. The van der Waals surface area contributed by atoms with Crippen molar-refractivity contribution in [2.75, 3.05) is 26.9 Å². The topological polar surface area (TPSA) is 47.6 Å². The van der Waals surface area contributed by atoms with Gasteiger partial charge in [0.05, 0.1) is 13.2 Å². The molecule has 0 radical (unpaired) electrons. The van der Waals surface area contributed by atoms with Crippen molar-refractivity contribution in [2.24, 2.45) is 5.92 Å². The van der Waals surface area contributed by atoms with Gasteiger partial charge >= 0.3 is 0 Å². The first-order valence-electron chi connectivity index (χ1n) is 5.10. The van der Waals surface area contributed by atoms with Crippen LogP contribution in [0.4, 0.5) is 0 Å². The molecule has 1 fully saturated rings. The first-order chi connectivity index (χ1) is 6.74. The van der Waals surface area contributed by atoms with Crippen LogP contribution in [0.3, 0.4) is 0 Å². The number of nitrogens with one attached hydrogen (secondary N) is 1. The van der Waals surface area contributed by atoms with E-state index >= 15 is 0 Å². The van der Waals surface area contributed by atoms with Crippen LogP contribution in [0.1, 0.15) is 19.8 Å². The summed E-state index contributed by atoms with van der Waals surface area (Å²) in [4.78, 5) is 11.3. The van der Waals surface area contributed by atoms with Gasteiger partial charge < -0.3 is 14.8 Å². The maximum atomic E-state index is 11.3. The predicted molar refractivity (Wildman–Crippen MR) is 53.0 cm³/mol. The lowest BCUT2D eigenvalue weighted by Crippen LogP contribution is -2.36. The minimum absolute atomic E-state index is 0.0273. The third-order valence-electron chi connectivity index (χ3n) is 2.38. The number of hydrogen-bond donors (Lipinski definition) is 1. The summed E-state index contributed by atoms with van der Waals surface area (Å²) >= 11 is 0. The quantitative estimate of drug-likeness (QED) is 0.612. The molecule has 1 unspecified atom stereocenters. The highest BCUT2D eigenvalue weighted by Crippen LogP contribution is 2.32. The molecule has 1 atom stereocenters. The van der Waals surface area contributed by atoms with E-state index in [4.69, 9.17) is 9.47 Å². The Balaban J connectivity index is 1.97. The standard InChI is InChI=1S/C10H19NO3/c1-8(9-3-4-9)11-10(12)7-14-6-5-13-2/h8-9H,3-7H2,1-2H3,(H,11,12). The molecule has 1 aliphatic rings. The van der Waals surface area contributed by atoms with Crippen LogP contribution in [0, 0.1) is 5.92 Å². The second kappa shape index (κ2) is 5.98. The second-order valence-corrected chi connectivity index (χ2v) is 3.74. The molecule has 0 aromatic rings. The van der Waals surface area contributed by atoms with Crippen molar-refractivity contribution in [1.82, 2.24) is 5.32 Å². The largest absolute Gasteiger partial charge is 0.382 e. The predicted octanol–water partition coefficient (Wildman–Crippen LogP) is 0.564. The molecular formula is C10H19NO3. The van der Waals surface area contributed by atoms with E-state index in [0.29, 0.717) is 25.2 Å². The molecule has 1 amide bonds. The minimum Gasteiger partial charge on any atom is -0.382 e. The van der Waals surface area contributed by atoms with Gasteiger partial charge in [-0.2, -0.15) is 0 Å². The molecule has 82 valence electrons. The van der Waals surface area contributed by atoms with Gasteiger partial charge in [-0.3, -0.25) is 4.79 Å². The first kappa shape index (κ1) is 11.5. The van der Waals surface area contributed by atoms with Gasteiger partial charge in [-0.25, -0.2) is 0 Å². The van der Waals surface area contributed by atoms with E-state index in [1.165, 1.54) is 12.8 Å². The van der Waals surface area contributed by atoms with Crippen LogP contribution in [0.2, 0.25) is 0 Å². The number of carbonyl (C=O) groups excluding carboxylic acids is 1. The molecule has 0 saturated heterocycles. The van der Waals surface area contributed by atoms with Crippen molar-refractivity contribution in [3.8, 4) is 0 Å². The first-order valence-corrected chi connectivity index (χ1v) is 5.10. The van der Waals surface area contributed by atoms with Crippen LogP contribution in [-0.2, 0) is 14.3 Å². The van der Waals surface area contributed by atoms with Gasteiger partial charge in [0.2, 0.25) is 5.91 Å². The Hall–Kier alpha value is -0.610. The summed E-state index contributed by atoms with van der Waals surface area (Å²) < 4.78 is 9.90. The van der Waals surface area contributed by atoms with Crippen LogP contribution < -0.4 is 5.32 Å². The van der Waals surface area contributed by atoms with Crippen molar-refractivity contribution >= 4 is 5.91 Å². The van der Waals surface area contributed by atoms with Crippen LogP contribution in [-0.4, -0.2) is 38.9 Å². The molecule has 1 N–H and O–H groups in total. The molecular weight excluding hydrogens is 182 g/mol. The van der Waals surface area contributed by atoms with Gasteiger partial charge in [0.15, 0.2) is 0 Å². The zero-order valence-corrected chi connectivity index (χ0v) is 8.91. The highest BCUT2D eigenvalue weighted by atomic mass is 16.5. The average molecular weight is 201 g/mol. The maximum Gasteiger partial charge on any atom is 0.246 e. The summed E-state index contributed by atoms with van der Waals surface area (Å²) in [6.07, 6.45) is 2.48. The van der Waals surface area contributed by atoms with Crippen molar-refractivity contribution in [3.05, 3.63) is 0 Å². The second-order valence-electron chi connectivity index (χ2n) is 3.74. The lowest BCUT2D eigenvalue weighted by atomic mass is 10.2. The Morgan fingerprint density at radius 3 is 2.79 bits per heavy atom. The number of hydrogen-bond acceptors (Lipinski definition) is 3. The van der Waals surface area contributed by atoms with Gasteiger partial charge in [-0.05, 0) is 25.7 Å². The number of rotatable bonds is 7. The molecule has 0 heterocycles. The van der Waals surface area contributed by atoms with Crippen molar-refractivity contribution in [1.29, 1.82) is 0 Å². The van der Waals surface area contributed by atoms with Crippen molar-refractivity contribution in [2.45, 2.75) is 25.8 Å². The zero-order chi connectivity index (χ0) is 10.4. The number of methoxy groups -OCH3 is 1. The van der Waals surface area contributed by atoms with E-state index in [0.717, 1.165) is 0 Å². The Morgan fingerprint density at radius 2 is 2.21 bits per heavy atom. The van der Waals surface area contributed by atoms with E-state index < -0.39 is 0 Å². The fraction of sp³-hybridized carbons (Fsp3) is 0.900. The highest BCUT2D eigenvalue weighted by molar-refractivity contribution is 5.77. The Bertz CT molecular complexity index is 180. The summed E-state index contributed by atoms with van der Waals surface area (Å²) in [6.45, 7) is 3.19. The lowest BCUT2D eigenvalue weighted by Gasteiger charge is -2.12. The molecule has 4 nitrogen and oxygen atoms in total. The summed E-state index contributed by atoms with van der Waals surface area (Å²) in [6, 6.07) is 0.300. The summed E-state index contributed by atoms with van der Waals surface area (Å²) in [5.74, 6) is 0.665. The molecule has 0 aromatic heterocycles. The molecule has 1 rings (SSSR count). The van der Waals surface area contributed by atoms with Crippen LogP contribution in [0.5, 0.6) is 0 Å². The molecule has 0 spiro atoms. The van der Waals surface area contributed by atoms with Gasteiger partial charge in [0, 0.05) is 13.2 Å². The monoisotopic (exact) mass is 201 g/mol. The smallest absolute Gasteiger partial charge is 0.246 e. The molecule has 0 bridgehead atoms. The van der Waals surface area contributed by atoms with E-state index in [2.05, 4.69) is 5.32 Å². The van der Waals surface area contributed by atoms with Crippen LogP contribution >= 0.6 is 0 Å². The van der Waals surface area contributed by atoms with Crippen LogP contribution in [0.15, 0.2) is 0 Å². The van der Waals surface area contributed by atoms with Gasteiger partial charge in [0.25, 0.3) is 0 Å². The van der Waals surface area contributed by atoms with Gasteiger partial charge in [0.1, 0.15) is 6.61 Å². The summed E-state index contributed by atoms with van der Waals surface area (Å²) in [5.41, 5.74) is 0. The van der Waals surface area contributed by atoms with E-state index in [1.807, 2.05) is 6.92 Å². The van der Waals surface area contributed by atoms with E-state index in [-0.39, 0.29) is 12.5 Å². The molecule has 0 aliphatic heterocycles. The lowest BCUT2D eigenvalue weighted by molar-refractivity contribution is -0.126. The van der Waals surface area contributed by atoms with Crippen molar-refractivity contribution < 1.29 is 14.3 Å². The normalized spacial score (nSPS) is 17.9. The third kappa shape index (κ3) is 4.58. The third-order valence-corrected chi connectivity index (χ3v) is 2.38. The molecule has 0 aromatic carbocycles. The Morgan fingerprint density at radius 1 is 1.50 bits per heavy atom. The number of carbonyl (C=O) groups is 1. The average Bonchev–Trinajstić information content (AvgIpc) is 2.95. The summed E-state index contributed by atoms with van der Waals surface area (Å²) in [5, 5.41) is 2.91. The highest BCUT2D eigenvalue weighted by Gasteiger charge is 2.28. The summed E-state index contributed by atoms with van der Waals surface area (Å²) in [7, 11) is 1.61. The molecule has 1 saturated carbocycles. The van der Waals surface area contributed by atoms with Gasteiger partial charge in [-0.15, -0.1) is 0 Å². The van der Waals surface area contributed by atoms with E-state index in [9.17, 15) is 4.79 Å². The molecule has 14 heavy (non-hydrogen) atoms.